The molecule has 1 aliphatic rings. The minimum Gasteiger partial charge on any atom is -0.387 e. The van der Waals surface area contributed by atoms with Crippen molar-refractivity contribution in [3.05, 3.63) is 12.4 Å². The van der Waals surface area contributed by atoms with E-state index in [4.69, 9.17) is 0 Å². The third-order valence-electron chi connectivity index (χ3n) is 2.15. The van der Waals surface area contributed by atoms with E-state index >= 15 is 0 Å². The lowest BCUT2D eigenvalue weighted by molar-refractivity contribution is 0.0391. The second kappa shape index (κ2) is 2.84. The molecule has 2 N–H and O–H groups in total. The van der Waals surface area contributed by atoms with Gasteiger partial charge in [-0.2, -0.15) is 0 Å². The molecule has 1 unspecified atom stereocenters. The zero-order valence-corrected chi connectivity index (χ0v) is 6.77. The molecule has 0 aliphatic carbocycles. The number of rotatable bonds is 2. The average molecular weight is 168 g/mol. The number of aromatic nitrogens is 3. The van der Waals surface area contributed by atoms with E-state index in [1.54, 1.807) is 17.1 Å². The second-order valence-corrected chi connectivity index (χ2v) is 3.25. The molecule has 12 heavy (non-hydrogen) atoms. The Balaban J connectivity index is 2.02. The van der Waals surface area contributed by atoms with Gasteiger partial charge in [0.05, 0.1) is 18.3 Å². The van der Waals surface area contributed by atoms with Crippen molar-refractivity contribution in [3.63, 3.8) is 0 Å². The van der Waals surface area contributed by atoms with Crippen LogP contribution in [0.5, 0.6) is 0 Å². The average Bonchev–Trinajstić information content (AvgIpc) is 2.62. The summed E-state index contributed by atoms with van der Waals surface area (Å²) in [5, 5.41) is 20.5. The van der Waals surface area contributed by atoms with Crippen molar-refractivity contribution in [1.82, 2.24) is 20.3 Å². The number of nitrogens with one attached hydrogen (secondary N) is 1. The van der Waals surface area contributed by atoms with Gasteiger partial charge in [-0.25, -0.2) is 4.68 Å². The van der Waals surface area contributed by atoms with Crippen LogP contribution in [0.4, 0.5) is 0 Å². The molecule has 0 aromatic carbocycles. The fraction of sp³-hybridized carbons (Fsp3) is 0.714. The van der Waals surface area contributed by atoms with E-state index < -0.39 is 5.60 Å². The summed E-state index contributed by atoms with van der Waals surface area (Å²) in [5.74, 6) is 0. The summed E-state index contributed by atoms with van der Waals surface area (Å²) in [6, 6.07) is 0. The molecular formula is C7H12N4O. The number of hydrogen-bond donors (Lipinski definition) is 2. The van der Waals surface area contributed by atoms with Crippen molar-refractivity contribution in [2.45, 2.75) is 18.6 Å². The van der Waals surface area contributed by atoms with E-state index in [1.165, 1.54) is 0 Å². The van der Waals surface area contributed by atoms with E-state index in [9.17, 15) is 5.11 Å². The van der Waals surface area contributed by atoms with Gasteiger partial charge in [-0.05, 0) is 13.0 Å². The van der Waals surface area contributed by atoms with Crippen LogP contribution in [0.2, 0.25) is 0 Å². The van der Waals surface area contributed by atoms with E-state index in [1.807, 2.05) is 0 Å². The molecule has 0 spiro atoms. The minimum atomic E-state index is -0.631. The first kappa shape index (κ1) is 7.70. The smallest absolute Gasteiger partial charge is 0.0978 e. The van der Waals surface area contributed by atoms with Crippen LogP contribution < -0.4 is 5.32 Å². The number of nitrogens with zero attached hydrogens (tertiary/aromatic N) is 3. The van der Waals surface area contributed by atoms with Gasteiger partial charge < -0.3 is 10.4 Å². The highest BCUT2D eigenvalue weighted by molar-refractivity contribution is 4.87. The molecule has 2 rings (SSSR count). The Morgan fingerprint density at radius 2 is 2.58 bits per heavy atom. The zero-order chi connectivity index (χ0) is 8.44. The van der Waals surface area contributed by atoms with Crippen molar-refractivity contribution >= 4 is 0 Å². The quantitative estimate of drug-likeness (QED) is 0.594. The molecule has 5 heteroatoms. The van der Waals surface area contributed by atoms with E-state index in [0.717, 1.165) is 13.0 Å². The first-order chi connectivity index (χ1) is 5.79. The molecule has 1 atom stereocenters. The molecule has 1 aliphatic heterocycles. The predicted molar refractivity (Wildman–Crippen MR) is 42.5 cm³/mol. The lowest BCUT2D eigenvalue weighted by Gasteiger charge is -2.20. The molecule has 66 valence electrons. The molecule has 0 saturated carbocycles. The van der Waals surface area contributed by atoms with Gasteiger partial charge in [-0.3, -0.25) is 0 Å². The third kappa shape index (κ3) is 1.46. The van der Waals surface area contributed by atoms with Gasteiger partial charge in [0, 0.05) is 12.7 Å². The van der Waals surface area contributed by atoms with Crippen molar-refractivity contribution in [2.75, 3.05) is 13.1 Å². The highest BCUT2D eigenvalue weighted by Crippen LogP contribution is 2.15. The third-order valence-corrected chi connectivity index (χ3v) is 2.15. The lowest BCUT2D eigenvalue weighted by Crippen LogP contribution is -2.36. The summed E-state index contributed by atoms with van der Waals surface area (Å²) in [6.07, 6.45) is 4.16. The molecule has 1 saturated heterocycles. The highest BCUT2D eigenvalue weighted by atomic mass is 16.3. The molecule has 0 bridgehead atoms. The predicted octanol–water partition coefficient (Wildman–Crippen LogP) is -0.998. The van der Waals surface area contributed by atoms with Gasteiger partial charge in [0.1, 0.15) is 0 Å². The Morgan fingerprint density at radius 3 is 3.17 bits per heavy atom. The Kier molecular flexibility index (Phi) is 1.82. The minimum absolute atomic E-state index is 0.528. The maximum Gasteiger partial charge on any atom is 0.0978 e. The fourth-order valence-corrected chi connectivity index (χ4v) is 1.48. The van der Waals surface area contributed by atoms with Crippen LogP contribution in [-0.4, -0.2) is 38.8 Å². The van der Waals surface area contributed by atoms with Gasteiger partial charge in [0.2, 0.25) is 0 Å². The SMILES string of the molecule is OC1(Cn2ccnn2)CCNC1. The van der Waals surface area contributed by atoms with Crippen LogP contribution in [0.15, 0.2) is 12.4 Å². The normalized spacial score (nSPS) is 29.4. The summed E-state index contributed by atoms with van der Waals surface area (Å²) < 4.78 is 1.66. The van der Waals surface area contributed by atoms with E-state index in [2.05, 4.69) is 15.6 Å². The lowest BCUT2D eigenvalue weighted by atomic mass is 10.0. The number of hydrogen-bond acceptors (Lipinski definition) is 4. The molecule has 2 heterocycles. The molecule has 1 aromatic rings. The van der Waals surface area contributed by atoms with Crippen LogP contribution in [0.25, 0.3) is 0 Å². The molecule has 1 fully saturated rings. The summed E-state index contributed by atoms with van der Waals surface area (Å²) in [4.78, 5) is 0. The van der Waals surface area contributed by atoms with Crippen molar-refractivity contribution in [2.24, 2.45) is 0 Å². The Labute approximate surface area is 70.4 Å². The topological polar surface area (TPSA) is 63.0 Å². The van der Waals surface area contributed by atoms with Crippen molar-refractivity contribution in [3.8, 4) is 0 Å². The molecule has 1 aromatic heterocycles. The fourth-order valence-electron chi connectivity index (χ4n) is 1.48. The Morgan fingerprint density at radius 1 is 1.67 bits per heavy atom. The molecule has 5 nitrogen and oxygen atoms in total. The highest BCUT2D eigenvalue weighted by Gasteiger charge is 2.31. The van der Waals surface area contributed by atoms with E-state index in [-0.39, 0.29) is 0 Å². The van der Waals surface area contributed by atoms with Gasteiger partial charge in [-0.1, -0.05) is 5.21 Å². The van der Waals surface area contributed by atoms with Gasteiger partial charge in [-0.15, -0.1) is 5.10 Å². The first-order valence-electron chi connectivity index (χ1n) is 4.06. The first-order valence-corrected chi connectivity index (χ1v) is 4.06. The summed E-state index contributed by atoms with van der Waals surface area (Å²) in [5.41, 5.74) is -0.631. The van der Waals surface area contributed by atoms with Gasteiger partial charge >= 0.3 is 0 Å². The standard InChI is InChI=1S/C7H12N4O/c12-7(1-2-8-5-7)6-11-4-3-9-10-11/h3-4,8,12H,1-2,5-6H2. The zero-order valence-electron chi connectivity index (χ0n) is 6.77. The van der Waals surface area contributed by atoms with Crippen LogP contribution in [0.3, 0.4) is 0 Å². The van der Waals surface area contributed by atoms with Gasteiger partial charge in [0.15, 0.2) is 0 Å². The maximum absolute atomic E-state index is 9.91. The summed E-state index contributed by atoms with van der Waals surface area (Å²) in [7, 11) is 0. The second-order valence-electron chi connectivity index (χ2n) is 3.25. The largest absolute Gasteiger partial charge is 0.387 e. The molecule has 0 amide bonds. The van der Waals surface area contributed by atoms with Crippen molar-refractivity contribution in [1.29, 1.82) is 0 Å². The summed E-state index contributed by atoms with van der Waals surface area (Å²) >= 11 is 0. The van der Waals surface area contributed by atoms with Gasteiger partial charge in [0.25, 0.3) is 0 Å². The number of β-amino-alcohol motifs (C(OH)–C–C–N with tert-alkyl or cyclic N) is 1. The molecular weight excluding hydrogens is 156 g/mol. The van der Waals surface area contributed by atoms with Crippen LogP contribution in [-0.2, 0) is 6.54 Å². The Bertz CT molecular complexity index is 240. The van der Waals surface area contributed by atoms with Crippen LogP contribution in [0, 0.1) is 0 Å². The molecule has 0 radical (unpaired) electrons. The summed E-state index contributed by atoms with van der Waals surface area (Å²) in [6.45, 7) is 2.05. The monoisotopic (exact) mass is 168 g/mol. The Hall–Kier alpha value is -0.940. The van der Waals surface area contributed by atoms with Crippen LogP contribution in [0.1, 0.15) is 6.42 Å². The van der Waals surface area contributed by atoms with Crippen LogP contribution >= 0.6 is 0 Å². The maximum atomic E-state index is 9.91. The van der Waals surface area contributed by atoms with Crippen molar-refractivity contribution < 1.29 is 5.11 Å². The van der Waals surface area contributed by atoms with E-state index in [0.29, 0.717) is 13.1 Å². The number of aliphatic hydroxyl groups is 1.